The molecule has 0 saturated heterocycles. The molecule has 5 heteroatoms. The number of hydrogen-bond acceptors (Lipinski definition) is 4. The molecule has 1 fully saturated rings. The van der Waals surface area contributed by atoms with Crippen molar-refractivity contribution in [2.24, 2.45) is 11.8 Å². The normalized spacial score (nSPS) is 22.0. The van der Waals surface area contributed by atoms with E-state index < -0.39 is 0 Å². The monoisotopic (exact) mass is 368 g/mol. The molecule has 1 aliphatic carbocycles. The summed E-state index contributed by atoms with van der Waals surface area (Å²) < 4.78 is 0.924. The summed E-state index contributed by atoms with van der Waals surface area (Å²) in [5, 5.41) is 3.37. The van der Waals surface area contributed by atoms with E-state index in [1.54, 1.807) is 12.4 Å². The molecule has 0 unspecified atom stereocenters. The van der Waals surface area contributed by atoms with E-state index in [0.717, 1.165) is 28.8 Å². The van der Waals surface area contributed by atoms with Crippen LogP contribution in [0.15, 0.2) is 16.9 Å². The molecule has 22 heavy (non-hydrogen) atoms. The summed E-state index contributed by atoms with van der Waals surface area (Å²) in [5.74, 6) is 2.49. The van der Waals surface area contributed by atoms with Crippen LogP contribution in [0.25, 0.3) is 0 Å². The van der Waals surface area contributed by atoms with Gasteiger partial charge in [0, 0.05) is 18.9 Å². The lowest BCUT2D eigenvalue weighted by Gasteiger charge is -2.28. The lowest BCUT2D eigenvalue weighted by Crippen LogP contribution is -2.22. The lowest BCUT2D eigenvalue weighted by atomic mass is 9.80. The van der Waals surface area contributed by atoms with Gasteiger partial charge < -0.3 is 10.2 Å². The molecule has 0 amide bonds. The summed E-state index contributed by atoms with van der Waals surface area (Å²) in [6, 6.07) is 0. The Balaban J connectivity index is 1.58. The molecule has 0 radical (unpaired) electrons. The first-order valence-electron chi connectivity index (χ1n) is 8.49. The van der Waals surface area contributed by atoms with E-state index in [4.69, 9.17) is 0 Å². The highest BCUT2D eigenvalue weighted by atomic mass is 79.9. The van der Waals surface area contributed by atoms with Crippen molar-refractivity contribution in [3.05, 3.63) is 16.9 Å². The van der Waals surface area contributed by atoms with E-state index in [9.17, 15) is 0 Å². The average molecular weight is 369 g/mol. The topological polar surface area (TPSA) is 41.0 Å². The molecular weight excluding hydrogens is 340 g/mol. The van der Waals surface area contributed by atoms with Gasteiger partial charge in [-0.15, -0.1) is 0 Å². The molecule has 1 aliphatic rings. The number of rotatable bonds is 8. The van der Waals surface area contributed by atoms with Gasteiger partial charge in [-0.3, -0.25) is 0 Å². The van der Waals surface area contributed by atoms with Crippen molar-refractivity contribution in [1.82, 2.24) is 14.9 Å². The Morgan fingerprint density at radius 1 is 1.09 bits per heavy atom. The quantitative estimate of drug-likeness (QED) is 0.698. The maximum atomic E-state index is 4.27. The molecule has 4 nitrogen and oxygen atoms in total. The zero-order valence-electron chi connectivity index (χ0n) is 13.9. The molecule has 0 aliphatic heterocycles. The molecule has 124 valence electrons. The lowest BCUT2D eigenvalue weighted by molar-refractivity contribution is 0.263. The van der Waals surface area contributed by atoms with Crippen LogP contribution in [0.5, 0.6) is 0 Å². The SMILES string of the molecule is CN(C)CCCCC1CCC(CNc2ncc(Br)cn2)CC1. The van der Waals surface area contributed by atoms with E-state index in [-0.39, 0.29) is 0 Å². The van der Waals surface area contributed by atoms with Crippen LogP contribution < -0.4 is 5.32 Å². The third kappa shape index (κ3) is 6.61. The predicted molar refractivity (Wildman–Crippen MR) is 96.1 cm³/mol. The van der Waals surface area contributed by atoms with Crippen LogP contribution in [0.2, 0.25) is 0 Å². The van der Waals surface area contributed by atoms with Crippen LogP contribution in [-0.4, -0.2) is 42.1 Å². The van der Waals surface area contributed by atoms with Crippen molar-refractivity contribution in [2.45, 2.75) is 44.9 Å². The Hall–Kier alpha value is -0.680. The van der Waals surface area contributed by atoms with Crippen molar-refractivity contribution in [3.63, 3.8) is 0 Å². The summed E-state index contributed by atoms with van der Waals surface area (Å²) in [6.07, 6.45) is 13.2. The number of nitrogens with zero attached hydrogens (tertiary/aromatic N) is 3. The molecule has 1 heterocycles. The fourth-order valence-electron chi connectivity index (χ4n) is 3.22. The summed E-state index contributed by atoms with van der Waals surface area (Å²) in [6.45, 7) is 2.24. The first-order chi connectivity index (χ1) is 10.6. The molecule has 1 saturated carbocycles. The summed E-state index contributed by atoms with van der Waals surface area (Å²) >= 11 is 3.36. The Kier molecular flexibility index (Phi) is 7.60. The number of hydrogen-bond donors (Lipinski definition) is 1. The molecule has 0 bridgehead atoms. The van der Waals surface area contributed by atoms with Gasteiger partial charge in [0.05, 0.1) is 4.47 Å². The van der Waals surface area contributed by atoms with Gasteiger partial charge in [-0.1, -0.05) is 25.7 Å². The zero-order chi connectivity index (χ0) is 15.8. The second-order valence-corrected chi connectivity index (χ2v) is 7.71. The summed E-state index contributed by atoms with van der Waals surface area (Å²) in [4.78, 5) is 10.8. The van der Waals surface area contributed by atoms with E-state index in [1.165, 1.54) is 51.5 Å². The number of unbranched alkanes of at least 4 members (excludes halogenated alkanes) is 1. The van der Waals surface area contributed by atoms with Crippen LogP contribution in [-0.2, 0) is 0 Å². The van der Waals surface area contributed by atoms with Gasteiger partial charge in [0.15, 0.2) is 0 Å². The first kappa shape index (κ1) is 17.7. The fraction of sp³-hybridized carbons (Fsp3) is 0.765. The molecule has 1 aromatic rings. The van der Waals surface area contributed by atoms with Crippen LogP contribution in [0, 0.1) is 11.8 Å². The zero-order valence-corrected chi connectivity index (χ0v) is 15.5. The average Bonchev–Trinajstić information content (AvgIpc) is 2.52. The second kappa shape index (κ2) is 9.46. The molecular formula is C17H29BrN4. The van der Waals surface area contributed by atoms with Gasteiger partial charge >= 0.3 is 0 Å². The molecule has 0 atom stereocenters. The van der Waals surface area contributed by atoms with Crippen molar-refractivity contribution in [3.8, 4) is 0 Å². The predicted octanol–water partition coefficient (Wildman–Crippen LogP) is 4.19. The van der Waals surface area contributed by atoms with Crippen molar-refractivity contribution in [1.29, 1.82) is 0 Å². The Labute approximate surface area is 143 Å². The maximum absolute atomic E-state index is 4.27. The minimum atomic E-state index is 0.744. The minimum Gasteiger partial charge on any atom is -0.354 e. The maximum Gasteiger partial charge on any atom is 0.222 e. The molecule has 0 spiro atoms. The van der Waals surface area contributed by atoms with Crippen molar-refractivity contribution >= 4 is 21.9 Å². The van der Waals surface area contributed by atoms with Crippen molar-refractivity contribution in [2.75, 3.05) is 32.5 Å². The Morgan fingerprint density at radius 2 is 1.73 bits per heavy atom. The van der Waals surface area contributed by atoms with Crippen LogP contribution in [0.1, 0.15) is 44.9 Å². The number of anilines is 1. The van der Waals surface area contributed by atoms with Gasteiger partial charge in [0.2, 0.25) is 5.95 Å². The molecule has 1 aromatic heterocycles. The summed E-state index contributed by atoms with van der Waals surface area (Å²) in [5.41, 5.74) is 0. The number of halogens is 1. The Morgan fingerprint density at radius 3 is 2.36 bits per heavy atom. The van der Waals surface area contributed by atoms with Crippen molar-refractivity contribution < 1.29 is 0 Å². The van der Waals surface area contributed by atoms with E-state index in [1.807, 2.05) is 0 Å². The summed E-state index contributed by atoms with van der Waals surface area (Å²) in [7, 11) is 4.32. The van der Waals surface area contributed by atoms with E-state index in [0.29, 0.717) is 0 Å². The highest BCUT2D eigenvalue weighted by Crippen LogP contribution is 2.31. The van der Waals surface area contributed by atoms with Gasteiger partial charge in [-0.05, 0) is 67.7 Å². The van der Waals surface area contributed by atoms with Crippen LogP contribution in [0.4, 0.5) is 5.95 Å². The largest absolute Gasteiger partial charge is 0.354 e. The molecule has 1 N–H and O–H groups in total. The second-order valence-electron chi connectivity index (χ2n) is 6.79. The van der Waals surface area contributed by atoms with Gasteiger partial charge in [0.1, 0.15) is 0 Å². The standard InChI is InChI=1S/C17H29BrN4/c1-22(2)10-4-3-5-14-6-8-15(9-7-14)11-19-17-20-12-16(18)13-21-17/h12-15H,3-11H2,1-2H3,(H,19,20,21). The minimum absolute atomic E-state index is 0.744. The van der Waals surface area contributed by atoms with Gasteiger partial charge in [0.25, 0.3) is 0 Å². The number of nitrogens with one attached hydrogen (secondary N) is 1. The third-order valence-electron chi connectivity index (χ3n) is 4.60. The van der Waals surface area contributed by atoms with Gasteiger partial charge in [-0.25, -0.2) is 9.97 Å². The smallest absolute Gasteiger partial charge is 0.222 e. The number of aromatic nitrogens is 2. The van der Waals surface area contributed by atoms with Gasteiger partial charge in [-0.2, -0.15) is 0 Å². The first-order valence-corrected chi connectivity index (χ1v) is 9.29. The third-order valence-corrected chi connectivity index (χ3v) is 5.01. The molecule has 2 rings (SSSR count). The van der Waals surface area contributed by atoms with E-state index >= 15 is 0 Å². The highest BCUT2D eigenvalue weighted by Gasteiger charge is 2.20. The van der Waals surface area contributed by atoms with Crippen LogP contribution in [0.3, 0.4) is 0 Å². The van der Waals surface area contributed by atoms with E-state index in [2.05, 4.69) is 50.2 Å². The van der Waals surface area contributed by atoms with Crippen LogP contribution >= 0.6 is 15.9 Å². The fourth-order valence-corrected chi connectivity index (χ4v) is 3.43. The molecule has 0 aromatic carbocycles. The highest BCUT2D eigenvalue weighted by molar-refractivity contribution is 9.10. The Bertz CT molecular complexity index is 413.